The lowest BCUT2D eigenvalue weighted by Gasteiger charge is -2.39. The topological polar surface area (TPSA) is 32.3 Å². The zero-order chi connectivity index (χ0) is 14.0. The molecule has 3 aliphatic rings. The molecule has 3 nitrogen and oxygen atoms in total. The molecule has 1 spiro atoms. The normalized spacial score (nSPS) is 36.8. The lowest BCUT2D eigenvalue weighted by atomic mass is 9.89. The van der Waals surface area contributed by atoms with Gasteiger partial charge in [-0.25, -0.2) is 0 Å². The quantitative estimate of drug-likeness (QED) is 0.755. The number of carbonyl (C=O) groups is 1. The van der Waals surface area contributed by atoms with Crippen LogP contribution in [0, 0.1) is 5.92 Å². The second-order valence-electron chi connectivity index (χ2n) is 7.06. The molecular formula is C17H30N2O. The fourth-order valence-corrected chi connectivity index (χ4v) is 4.87. The Balaban J connectivity index is 1.59. The van der Waals surface area contributed by atoms with Gasteiger partial charge < -0.3 is 5.32 Å². The largest absolute Gasteiger partial charge is 0.336 e. The molecule has 3 rings (SSSR count). The zero-order valence-electron chi connectivity index (χ0n) is 13.0. The van der Waals surface area contributed by atoms with Crippen LogP contribution < -0.4 is 5.32 Å². The molecule has 2 heterocycles. The minimum atomic E-state index is 0.0585. The van der Waals surface area contributed by atoms with Crippen molar-refractivity contribution >= 4 is 5.91 Å². The van der Waals surface area contributed by atoms with Gasteiger partial charge in [-0.15, -0.1) is 0 Å². The summed E-state index contributed by atoms with van der Waals surface area (Å²) >= 11 is 0. The summed E-state index contributed by atoms with van der Waals surface area (Å²) in [6.45, 7) is 3.41. The van der Waals surface area contributed by atoms with Crippen molar-refractivity contribution in [1.29, 1.82) is 0 Å². The third kappa shape index (κ3) is 2.38. The van der Waals surface area contributed by atoms with Gasteiger partial charge in [0.2, 0.25) is 5.91 Å². The number of nitrogens with one attached hydrogen (secondary N) is 1. The molecule has 3 heteroatoms. The van der Waals surface area contributed by atoms with E-state index in [0.29, 0.717) is 11.8 Å². The number of amides is 1. The average molecular weight is 278 g/mol. The van der Waals surface area contributed by atoms with Gasteiger partial charge in [0.05, 0.1) is 11.7 Å². The number of hydrogen-bond donors (Lipinski definition) is 1. The van der Waals surface area contributed by atoms with E-state index < -0.39 is 0 Å². The van der Waals surface area contributed by atoms with Crippen LogP contribution in [0.1, 0.15) is 77.6 Å². The first-order chi connectivity index (χ1) is 9.78. The van der Waals surface area contributed by atoms with Crippen LogP contribution in [-0.4, -0.2) is 29.1 Å². The van der Waals surface area contributed by atoms with E-state index in [-0.39, 0.29) is 11.7 Å². The Labute approximate surface area is 123 Å². The molecule has 1 aliphatic carbocycles. The summed E-state index contributed by atoms with van der Waals surface area (Å²) in [6, 6.07) is 0.204. The van der Waals surface area contributed by atoms with Crippen molar-refractivity contribution in [2.45, 2.75) is 89.3 Å². The van der Waals surface area contributed by atoms with Crippen LogP contribution in [0.3, 0.4) is 0 Å². The molecule has 3 unspecified atom stereocenters. The molecule has 1 amide bonds. The van der Waals surface area contributed by atoms with E-state index in [1.54, 1.807) is 0 Å². The van der Waals surface area contributed by atoms with Gasteiger partial charge in [-0.3, -0.25) is 9.69 Å². The Kier molecular flexibility index (Phi) is 4.34. The lowest BCUT2D eigenvalue weighted by Crippen LogP contribution is -2.54. The third-order valence-corrected chi connectivity index (χ3v) is 5.85. The number of fused-ring (bicyclic) bond motifs is 2. The van der Waals surface area contributed by atoms with Crippen molar-refractivity contribution in [3.05, 3.63) is 0 Å². The Morgan fingerprint density at radius 1 is 1.20 bits per heavy atom. The number of hydrogen-bond acceptors (Lipinski definition) is 2. The van der Waals surface area contributed by atoms with E-state index in [0.717, 1.165) is 13.0 Å². The van der Waals surface area contributed by atoms with E-state index in [4.69, 9.17) is 0 Å². The van der Waals surface area contributed by atoms with Crippen LogP contribution in [0.25, 0.3) is 0 Å². The van der Waals surface area contributed by atoms with Crippen LogP contribution in [0.4, 0.5) is 0 Å². The number of carbonyl (C=O) groups excluding carboxylic acids is 1. The van der Waals surface area contributed by atoms with Crippen LogP contribution in [0.5, 0.6) is 0 Å². The summed E-state index contributed by atoms with van der Waals surface area (Å²) in [7, 11) is 0. The van der Waals surface area contributed by atoms with E-state index >= 15 is 0 Å². The highest BCUT2D eigenvalue weighted by Crippen LogP contribution is 2.47. The molecule has 20 heavy (non-hydrogen) atoms. The number of nitrogens with zero attached hydrogens (tertiary/aromatic N) is 1. The van der Waals surface area contributed by atoms with Crippen LogP contribution >= 0.6 is 0 Å². The molecule has 0 aromatic carbocycles. The van der Waals surface area contributed by atoms with E-state index in [2.05, 4.69) is 17.1 Å². The second-order valence-corrected chi connectivity index (χ2v) is 7.06. The summed E-state index contributed by atoms with van der Waals surface area (Å²) in [4.78, 5) is 14.8. The van der Waals surface area contributed by atoms with Crippen molar-refractivity contribution < 1.29 is 4.79 Å². The molecule has 2 saturated heterocycles. The van der Waals surface area contributed by atoms with Crippen molar-refractivity contribution in [3.63, 3.8) is 0 Å². The fraction of sp³-hybridized carbons (Fsp3) is 0.941. The van der Waals surface area contributed by atoms with Gasteiger partial charge >= 0.3 is 0 Å². The predicted molar refractivity (Wildman–Crippen MR) is 81.3 cm³/mol. The van der Waals surface area contributed by atoms with Crippen LogP contribution in [0.15, 0.2) is 0 Å². The molecule has 0 radical (unpaired) electrons. The average Bonchev–Trinajstić information content (AvgIpc) is 3.10. The maximum Gasteiger partial charge on any atom is 0.238 e. The summed E-state index contributed by atoms with van der Waals surface area (Å²) < 4.78 is 0. The molecule has 0 aromatic heterocycles. The Morgan fingerprint density at radius 2 is 2.05 bits per heavy atom. The molecule has 0 bridgehead atoms. The fourth-order valence-electron chi connectivity index (χ4n) is 4.87. The molecule has 114 valence electrons. The first-order valence-electron chi connectivity index (χ1n) is 8.86. The van der Waals surface area contributed by atoms with Crippen molar-refractivity contribution in [2.24, 2.45) is 5.92 Å². The Bertz CT molecular complexity index is 357. The molecule has 1 N–H and O–H groups in total. The minimum absolute atomic E-state index is 0.0585. The summed E-state index contributed by atoms with van der Waals surface area (Å²) in [5, 5.41) is 3.42. The Hall–Kier alpha value is -0.570. The highest BCUT2D eigenvalue weighted by atomic mass is 16.2. The molecule has 3 atom stereocenters. The maximum absolute atomic E-state index is 12.2. The van der Waals surface area contributed by atoms with E-state index in [9.17, 15) is 4.79 Å². The van der Waals surface area contributed by atoms with Crippen molar-refractivity contribution in [1.82, 2.24) is 10.2 Å². The van der Waals surface area contributed by atoms with Gasteiger partial charge in [-0.1, -0.05) is 39.0 Å². The second kappa shape index (κ2) is 6.05. The van der Waals surface area contributed by atoms with E-state index in [1.165, 1.54) is 64.2 Å². The van der Waals surface area contributed by atoms with E-state index in [1.807, 2.05) is 0 Å². The minimum Gasteiger partial charge on any atom is -0.336 e. The zero-order valence-corrected chi connectivity index (χ0v) is 13.0. The van der Waals surface area contributed by atoms with Crippen LogP contribution in [0.2, 0.25) is 0 Å². The Morgan fingerprint density at radius 3 is 2.90 bits per heavy atom. The summed E-state index contributed by atoms with van der Waals surface area (Å²) in [5.74, 6) is 1.02. The first-order valence-corrected chi connectivity index (χ1v) is 8.86. The van der Waals surface area contributed by atoms with Gasteiger partial charge in [0.25, 0.3) is 0 Å². The molecular weight excluding hydrogens is 248 g/mol. The summed E-state index contributed by atoms with van der Waals surface area (Å²) in [6.07, 6.45) is 14.2. The highest BCUT2D eigenvalue weighted by Gasteiger charge is 2.57. The van der Waals surface area contributed by atoms with Crippen molar-refractivity contribution in [2.75, 3.05) is 6.54 Å². The number of rotatable bonds is 6. The monoisotopic (exact) mass is 278 g/mol. The van der Waals surface area contributed by atoms with Gasteiger partial charge in [0.15, 0.2) is 0 Å². The highest BCUT2D eigenvalue weighted by molar-refractivity contribution is 5.85. The molecule has 3 fully saturated rings. The third-order valence-electron chi connectivity index (χ3n) is 5.85. The van der Waals surface area contributed by atoms with Gasteiger partial charge in [0.1, 0.15) is 0 Å². The van der Waals surface area contributed by atoms with Crippen LogP contribution in [-0.2, 0) is 4.79 Å². The lowest BCUT2D eigenvalue weighted by molar-refractivity contribution is -0.121. The van der Waals surface area contributed by atoms with Gasteiger partial charge in [0, 0.05) is 6.54 Å². The predicted octanol–water partition coefficient (Wildman–Crippen LogP) is 3.44. The first kappa shape index (κ1) is 14.4. The summed E-state index contributed by atoms with van der Waals surface area (Å²) in [5.41, 5.74) is 0.0585. The van der Waals surface area contributed by atoms with Gasteiger partial charge in [-0.2, -0.15) is 0 Å². The maximum atomic E-state index is 12.2. The molecule has 2 aliphatic heterocycles. The molecule has 0 aromatic rings. The SMILES string of the molecule is CCCCCCCC1CCCC12NC(=O)C1CCCN12. The number of unbranched alkanes of at least 4 members (excludes halogenated alkanes) is 4. The standard InChI is InChI=1S/C17H30N2O/c1-2-3-4-5-6-9-14-10-7-12-17(14)18-16(20)15-11-8-13-19(15)17/h14-15H,2-13H2,1H3,(H,18,20). The molecule has 1 saturated carbocycles. The smallest absolute Gasteiger partial charge is 0.238 e. The van der Waals surface area contributed by atoms with Gasteiger partial charge in [-0.05, 0) is 44.4 Å². The van der Waals surface area contributed by atoms with Crippen molar-refractivity contribution in [3.8, 4) is 0 Å².